The summed E-state index contributed by atoms with van der Waals surface area (Å²) in [6, 6.07) is 14.8. The summed E-state index contributed by atoms with van der Waals surface area (Å²) in [6.45, 7) is 1.85. The number of nitrogens with one attached hydrogen (secondary N) is 1. The molecule has 164 valence electrons. The smallest absolute Gasteiger partial charge is 0.291 e. The van der Waals surface area contributed by atoms with Crippen LogP contribution in [-0.4, -0.2) is 34.9 Å². The van der Waals surface area contributed by atoms with Gasteiger partial charge in [0.25, 0.3) is 5.91 Å². The zero-order valence-corrected chi connectivity index (χ0v) is 18.5. The Morgan fingerprint density at radius 2 is 1.91 bits per heavy atom. The molecule has 0 radical (unpaired) electrons. The first-order chi connectivity index (χ1) is 15.5. The van der Waals surface area contributed by atoms with E-state index in [1.165, 1.54) is 28.2 Å². The number of amides is 1. The second-order valence-electron chi connectivity index (χ2n) is 6.94. The summed E-state index contributed by atoms with van der Waals surface area (Å²) in [5.41, 5.74) is 1.31. The first-order valence-electron chi connectivity index (χ1n) is 9.80. The SMILES string of the molecule is COc1ccc(C(C)NC(=O)c2nc(-c3cccs3)n(-c3cccc(F)c3)n2)cc1OC. The van der Waals surface area contributed by atoms with Crippen molar-refractivity contribution in [1.82, 2.24) is 20.1 Å². The summed E-state index contributed by atoms with van der Waals surface area (Å²) in [5, 5.41) is 9.18. The summed E-state index contributed by atoms with van der Waals surface area (Å²) in [5.74, 6) is 0.786. The van der Waals surface area contributed by atoms with Gasteiger partial charge in [0.15, 0.2) is 17.3 Å². The van der Waals surface area contributed by atoms with Crippen molar-refractivity contribution in [1.29, 1.82) is 0 Å². The Kier molecular flexibility index (Phi) is 6.18. The molecule has 1 N–H and O–H groups in total. The van der Waals surface area contributed by atoms with Crippen LogP contribution in [0, 0.1) is 5.82 Å². The molecule has 9 heteroatoms. The van der Waals surface area contributed by atoms with E-state index in [0.29, 0.717) is 23.0 Å². The van der Waals surface area contributed by atoms with Crippen LogP contribution in [0.25, 0.3) is 16.4 Å². The van der Waals surface area contributed by atoms with E-state index in [9.17, 15) is 9.18 Å². The molecule has 0 spiro atoms. The Hall–Kier alpha value is -3.72. The van der Waals surface area contributed by atoms with Crippen molar-refractivity contribution in [3.8, 4) is 27.9 Å². The van der Waals surface area contributed by atoms with Crippen molar-refractivity contribution >= 4 is 17.2 Å². The van der Waals surface area contributed by atoms with Crippen LogP contribution in [0.4, 0.5) is 4.39 Å². The molecule has 4 rings (SSSR count). The highest BCUT2D eigenvalue weighted by Crippen LogP contribution is 2.30. The summed E-state index contributed by atoms with van der Waals surface area (Å²) >= 11 is 1.46. The Bertz CT molecular complexity index is 1240. The number of benzene rings is 2. The number of halogens is 1. The van der Waals surface area contributed by atoms with E-state index in [1.54, 1.807) is 38.5 Å². The molecule has 2 heterocycles. The normalized spacial score (nSPS) is 11.8. The summed E-state index contributed by atoms with van der Waals surface area (Å²) in [6.07, 6.45) is 0. The molecule has 0 aliphatic heterocycles. The van der Waals surface area contributed by atoms with Gasteiger partial charge in [-0.2, -0.15) is 0 Å². The molecule has 1 atom stereocenters. The van der Waals surface area contributed by atoms with E-state index in [1.807, 2.05) is 30.5 Å². The minimum absolute atomic E-state index is 0.00927. The molecular weight excluding hydrogens is 431 g/mol. The first-order valence-corrected chi connectivity index (χ1v) is 10.7. The fourth-order valence-corrected chi connectivity index (χ4v) is 3.93. The minimum Gasteiger partial charge on any atom is -0.493 e. The Morgan fingerprint density at radius 1 is 1.09 bits per heavy atom. The van der Waals surface area contributed by atoms with Gasteiger partial charge in [0, 0.05) is 0 Å². The summed E-state index contributed by atoms with van der Waals surface area (Å²) in [7, 11) is 3.12. The lowest BCUT2D eigenvalue weighted by atomic mass is 10.1. The van der Waals surface area contributed by atoms with E-state index in [4.69, 9.17) is 9.47 Å². The zero-order valence-electron chi connectivity index (χ0n) is 17.7. The maximum atomic E-state index is 13.8. The molecule has 2 aromatic carbocycles. The second-order valence-corrected chi connectivity index (χ2v) is 7.89. The van der Waals surface area contributed by atoms with Crippen LogP contribution in [-0.2, 0) is 0 Å². The van der Waals surface area contributed by atoms with Gasteiger partial charge in [-0.1, -0.05) is 18.2 Å². The van der Waals surface area contributed by atoms with Gasteiger partial charge in [-0.25, -0.2) is 14.1 Å². The van der Waals surface area contributed by atoms with Crippen LogP contribution in [0.2, 0.25) is 0 Å². The average molecular weight is 453 g/mol. The van der Waals surface area contributed by atoms with Gasteiger partial charge in [-0.3, -0.25) is 4.79 Å². The molecule has 0 aliphatic rings. The molecule has 0 saturated carbocycles. The van der Waals surface area contributed by atoms with E-state index in [-0.39, 0.29) is 11.9 Å². The van der Waals surface area contributed by atoms with Gasteiger partial charge in [-0.15, -0.1) is 16.4 Å². The number of carbonyl (C=O) groups is 1. The predicted octanol–water partition coefficient (Wildman–Crippen LogP) is 4.64. The number of hydrogen-bond donors (Lipinski definition) is 1. The van der Waals surface area contributed by atoms with Crippen molar-refractivity contribution in [2.24, 2.45) is 0 Å². The lowest BCUT2D eigenvalue weighted by molar-refractivity contribution is 0.0929. The quantitative estimate of drug-likeness (QED) is 0.442. The Morgan fingerprint density at radius 3 is 2.59 bits per heavy atom. The maximum Gasteiger partial charge on any atom is 0.291 e. The van der Waals surface area contributed by atoms with Crippen molar-refractivity contribution in [2.45, 2.75) is 13.0 Å². The molecule has 0 fully saturated rings. The minimum atomic E-state index is -0.444. The third-order valence-electron chi connectivity index (χ3n) is 4.86. The number of ether oxygens (including phenoxy) is 2. The highest BCUT2D eigenvalue weighted by molar-refractivity contribution is 7.13. The van der Waals surface area contributed by atoms with Gasteiger partial charge in [0.2, 0.25) is 5.82 Å². The molecule has 0 aliphatic carbocycles. The average Bonchev–Trinajstić information content (AvgIpc) is 3.48. The lowest BCUT2D eigenvalue weighted by Crippen LogP contribution is -2.27. The molecule has 4 aromatic rings. The fraction of sp³-hybridized carbons (Fsp3) is 0.174. The third kappa shape index (κ3) is 4.33. The number of aromatic nitrogens is 3. The third-order valence-corrected chi connectivity index (χ3v) is 5.73. The molecule has 0 bridgehead atoms. The highest BCUT2D eigenvalue weighted by Gasteiger charge is 2.21. The molecule has 0 saturated heterocycles. The number of thiophene rings is 1. The molecular formula is C23H21FN4O3S. The zero-order chi connectivity index (χ0) is 22.7. The van der Waals surface area contributed by atoms with Crippen molar-refractivity contribution in [3.63, 3.8) is 0 Å². The predicted molar refractivity (Wildman–Crippen MR) is 120 cm³/mol. The fourth-order valence-electron chi connectivity index (χ4n) is 3.23. The van der Waals surface area contributed by atoms with E-state index in [2.05, 4.69) is 15.4 Å². The van der Waals surface area contributed by atoms with Crippen LogP contribution in [0.5, 0.6) is 11.5 Å². The Labute approximate surface area is 188 Å². The Balaban J connectivity index is 1.63. The number of methoxy groups -OCH3 is 2. The topological polar surface area (TPSA) is 78.3 Å². The first kappa shape index (κ1) is 21.5. The summed E-state index contributed by atoms with van der Waals surface area (Å²) < 4.78 is 25.9. The number of rotatable bonds is 7. The highest BCUT2D eigenvalue weighted by atomic mass is 32.1. The summed E-state index contributed by atoms with van der Waals surface area (Å²) in [4.78, 5) is 18.2. The van der Waals surface area contributed by atoms with Crippen LogP contribution < -0.4 is 14.8 Å². The maximum absolute atomic E-state index is 13.8. The van der Waals surface area contributed by atoms with Crippen LogP contribution >= 0.6 is 11.3 Å². The number of nitrogens with zero attached hydrogens (tertiary/aromatic N) is 3. The van der Waals surface area contributed by atoms with Gasteiger partial charge in [0.1, 0.15) is 5.82 Å². The van der Waals surface area contributed by atoms with Crippen molar-refractivity contribution in [3.05, 3.63) is 77.2 Å². The van der Waals surface area contributed by atoms with Gasteiger partial charge in [0.05, 0.1) is 30.8 Å². The van der Waals surface area contributed by atoms with Gasteiger partial charge in [-0.05, 0) is 54.3 Å². The van der Waals surface area contributed by atoms with Crippen LogP contribution in [0.3, 0.4) is 0 Å². The monoisotopic (exact) mass is 452 g/mol. The number of carbonyl (C=O) groups excluding carboxylic acids is 1. The van der Waals surface area contributed by atoms with Crippen LogP contribution in [0.1, 0.15) is 29.1 Å². The second kappa shape index (κ2) is 9.19. The molecule has 32 heavy (non-hydrogen) atoms. The molecule has 1 amide bonds. The lowest BCUT2D eigenvalue weighted by Gasteiger charge is -2.15. The van der Waals surface area contributed by atoms with Crippen molar-refractivity contribution in [2.75, 3.05) is 14.2 Å². The van der Waals surface area contributed by atoms with Crippen molar-refractivity contribution < 1.29 is 18.7 Å². The molecule has 7 nitrogen and oxygen atoms in total. The van der Waals surface area contributed by atoms with E-state index >= 15 is 0 Å². The van der Waals surface area contributed by atoms with Crippen LogP contribution in [0.15, 0.2) is 60.0 Å². The van der Waals surface area contributed by atoms with Gasteiger partial charge >= 0.3 is 0 Å². The standard InChI is InChI=1S/C23H21FN4O3S/c1-14(15-9-10-18(30-2)19(12-15)31-3)25-23(29)21-26-22(20-8-5-11-32-20)28(27-21)17-7-4-6-16(24)13-17/h4-14H,1-3H3,(H,25,29). The largest absolute Gasteiger partial charge is 0.493 e. The van der Waals surface area contributed by atoms with E-state index < -0.39 is 11.7 Å². The van der Waals surface area contributed by atoms with Gasteiger partial charge < -0.3 is 14.8 Å². The molecule has 2 aromatic heterocycles. The molecule has 1 unspecified atom stereocenters. The number of hydrogen-bond acceptors (Lipinski definition) is 6. The van der Waals surface area contributed by atoms with E-state index in [0.717, 1.165) is 10.4 Å².